The van der Waals surface area contributed by atoms with Gasteiger partial charge in [-0.3, -0.25) is 0 Å². The van der Waals surface area contributed by atoms with Gasteiger partial charge in [-0.15, -0.1) is 22.7 Å². The smallest absolute Gasteiger partial charge is 0.132 e. The number of aromatic nitrogens is 2. The Labute approximate surface area is 241 Å². The van der Waals surface area contributed by atoms with Crippen molar-refractivity contribution in [3.8, 4) is 45.2 Å². The lowest BCUT2D eigenvalue weighted by Crippen LogP contribution is -2.30. The maximum atomic E-state index is 9.34. The third-order valence-electron chi connectivity index (χ3n) is 9.30. The highest BCUT2D eigenvalue weighted by molar-refractivity contribution is 7.16. The molecule has 2 aromatic heterocycles. The molecule has 0 N–H and O–H groups in total. The maximum Gasteiger partial charge on any atom is 0.132 e. The zero-order valence-electron chi connectivity index (χ0n) is 21.9. The first-order valence-electron chi connectivity index (χ1n) is 13.8. The molecule has 194 valence electrons. The van der Waals surface area contributed by atoms with E-state index in [4.69, 9.17) is 9.97 Å². The second-order valence-electron chi connectivity index (χ2n) is 11.3. The lowest BCUT2D eigenvalue weighted by Gasteiger charge is -2.36. The molecule has 0 unspecified atom stereocenters. The van der Waals surface area contributed by atoms with Crippen LogP contribution in [0.1, 0.15) is 96.7 Å². The highest BCUT2D eigenvalue weighted by atomic mass is 32.1. The van der Waals surface area contributed by atoms with Gasteiger partial charge < -0.3 is 0 Å². The van der Waals surface area contributed by atoms with Gasteiger partial charge in [0.15, 0.2) is 0 Å². The van der Waals surface area contributed by atoms with Gasteiger partial charge in [-0.05, 0) is 60.1 Å². The Morgan fingerprint density at radius 3 is 1.35 bits per heavy atom. The van der Waals surface area contributed by atoms with Crippen molar-refractivity contribution in [3.05, 3.63) is 55.8 Å². The summed E-state index contributed by atoms with van der Waals surface area (Å²) in [7, 11) is 0. The van der Waals surface area contributed by atoms with E-state index in [0.29, 0.717) is 0 Å². The van der Waals surface area contributed by atoms with Crippen LogP contribution in [0.3, 0.4) is 0 Å². The molecule has 7 rings (SSSR count). The Hall–Kier alpha value is -4.08. The standard InChI is InChI=1S/C32H24N6S2/c33-15-19(16-34)11-25-37-29-27(39-25)21-14-24-22(13-23(21)31(29)7-3-1-4-8-31)28-30(32(24)9-5-2-6-10-32)38-26(40-28)12-20(17-35)18-36/h11-14H,1-10H2. The van der Waals surface area contributed by atoms with Crippen LogP contribution < -0.4 is 0 Å². The van der Waals surface area contributed by atoms with Crippen LogP contribution in [0.15, 0.2) is 23.3 Å². The van der Waals surface area contributed by atoms with E-state index in [1.165, 1.54) is 44.8 Å². The van der Waals surface area contributed by atoms with E-state index < -0.39 is 0 Å². The third-order valence-corrected chi connectivity index (χ3v) is 11.4. The molecule has 0 atom stereocenters. The van der Waals surface area contributed by atoms with Gasteiger partial charge in [0.1, 0.15) is 45.4 Å². The molecule has 2 fully saturated rings. The van der Waals surface area contributed by atoms with Gasteiger partial charge in [0.2, 0.25) is 0 Å². The topological polar surface area (TPSA) is 121 Å². The number of thiazole rings is 2. The number of allylic oxidation sites excluding steroid dienone is 2. The van der Waals surface area contributed by atoms with Crippen molar-refractivity contribution < 1.29 is 0 Å². The summed E-state index contributed by atoms with van der Waals surface area (Å²) in [6.45, 7) is 0. The Morgan fingerprint density at radius 1 is 0.625 bits per heavy atom. The molecule has 3 aromatic rings. The van der Waals surface area contributed by atoms with E-state index in [1.807, 2.05) is 24.3 Å². The van der Waals surface area contributed by atoms with Gasteiger partial charge in [0.05, 0.1) is 21.1 Å². The number of fused-ring (bicyclic) bond motifs is 10. The predicted octanol–water partition coefficient (Wildman–Crippen LogP) is 7.92. The molecule has 8 heteroatoms. The summed E-state index contributed by atoms with van der Waals surface area (Å²) >= 11 is 3.20. The molecule has 0 saturated heterocycles. The summed E-state index contributed by atoms with van der Waals surface area (Å²) in [5.74, 6) is 0. The van der Waals surface area contributed by atoms with Crippen molar-refractivity contribution in [3.63, 3.8) is 0 Å². The average Bonchev–Trinajstić information content (AvgIpc) is 3.72. The minimum atomic E-state index is -0.148. The van der Waals surface area contributed by atoms with E-state index in [1.54, 1.807) is 34.8 Å². The molecule has 40 heavy (non-hydrogen) atoms. The fourth-order valence-corrected chi connectivity index (χ4v) is 9.86. The first-order chi connectivity index (χ1) is 19.6. The summed E-state index contributed by atoms with van der Waals surface area (Å²) in [6, 6.07) is 12.8. The summed E-state index contributed by atoms with van der Waals surface area (Å²) in [5.41, 5.74) is 7.35. The number of benzene rings is 1. The molecule has 0 radical (unpaired) electrons. The predicted molar refractivity (Wildman–Crippen MR) is 155 cm³/mol. The first kappa shape index (κ1) is 24.9. The van der Waals surface area contributed by atoms with Crippen LogP contribution >= 0.6 is 22.7 Å². The van der Waals surface area contributed by atoms with Crippen molar-refractivity contribution >= 4 is 34.8 Å². The number of nitriles is 4. The van der Waals surface area contributed by atoms with Crippen LogP contribution in [-0.4, -0.2) is 9.97 Å². The van der Waals surface area contributed by atoms with E-state index in [2.05, 4.69) is 12.1 Å². The number of nitrogens with zero attached hydrogens (tertiary/aromatic N) is 6. The monoisotopic (exact) mass is 556 g/mol. The molecule has 0 amide bonds. The highest BCUT2D eigenvalue weighted by Crippen LogP contribution is 2.63. The van der Waals surface area contributed by atoms with Crippen LogP contribution in [0, 0.1) is 45.3 Å². The van der Waals surface area contributed by atoms with Crippen LogP contribution in [0.2, 0.25) is 0 Å². The molecular formula is C32H24N6S2. The van der Waals surface area contributed by atoms with E-state index in [-0.39, 0.29) is 22.0 Å². The summed E-state index contributed by atoms with van der Waals surface area (Å²) < 4.78 is 0. The van der Waals surface area contributed by atoms with Gasteiger partial charge in [0, 0.05) is 23.0 Å². The van der Waals surface area contributed by atoms with E-state index in [0.717, 1.165) is 72.8 Å². The second kappa shape index (κ2) is 9.25. The molecule has 2 spiro atoms. The normalized spacial score (nSPS) is 18.3. The minimum absolute atomic E-state index is 0.0803. The Kier molecular flexibility index (Phi) is 5.76. The van der Waals surface area contributed by atoms with Crippen LogP contribution in [0.5, 0.6) is 0 Å². The second-order valence-corrected chi connectivity index (χ2v) is 13.3. The minimum Gasteiger partial charge on any atom is -0.240 e. The molecule has 4 aliphatic carbocycles. The van der Waals surface area contributed by atoms with E-state index >= 15 is 0 Å². The maximum absolute atomic E-state index is 9.34. The molecule has 2 heterocycles. The summed E-state index contributed by atoms with van der Waals surface area (Å²) in [4.78, 5) is 12.5. The van der Waals surface area contributed by atoms with Crippen LogP contribution in [0.4, 0.5) is 0 Å². The quantitative estimate of drug-likeness (QED) is 0.296. The lowest BCUT2D eigenvalue weighted by atomic mass is 9.67. The highest BCUT2D eigenvalue weighted by Gasteiger charge is 2.51. The average molecular weight is 557 g/mol. The molecule has 0 bridgehead atoms. The van der Waals surface area contributed by atoms with Crippen molar-refractivity contribution in [2.24, 2.45) is 0 Å². The third kappa shape index (κ3) is 3.40. The summed E-state index contributed by atoms with van der Waals surface area (Å²) in [5, 5.41) is 38.8. The molecule has 4 aliphatic rings. The molecule has 2 saturated carbocycles. The number of hydrogen-bond acceptors (Lipinski definition) is 8. The van der Waals surface area contributed by atoms with Gasteiger partial charge in [-0.2, -0.15) is 21.0 Å². The lowest BCUT2D eigenvalue weighted by molar-refractivity contribution is 0.343. The van der Waals surface area contributed by atoms with Crippen molar-refractivity contribution in [2.45, 2.75) is 75.0 Å². The molecular weight excluding hydrogens is 533 g/mol. The van der Waals surface area contributed by atoms with Crippen LogP contribution in [-0.2, 0) is 10.8 Å². The summed E-state index contributed by atoms with van der Waals surface area (Å²) in [6.07, 6.45) is 14.5. The van der Waals surface area contributed by atoms with Crippen molar-refractivity contribution in [1.82, 2.24) is 9.97 Å². The zero-order valence-corrected chi connectivity index (χ0v) is 23.5. The first-order valence-corrected chi connectivity index (χ1v) is 15.5. The fraction of sp³-hybridized carbons (Fsp3) is 0.375. The number of hydrogen-bond donors (Lipinski definition) is 0. The fourth-order valence-electron chi connectivity index (χ4n) is 7.58. The Bertz CT molecular complexity index is 1650. The van der Waals surface area contributed by atoms with Gasteiger partial charge in [-0.25, -0.2) is 9.97 Å². The van der Waals surface area contributed by atoms with Gasteiger partial charge in [0.25, 0.3) is 0 Å². The van der Waals surface area contributed by atoms with Crippen LogP contribution in [0.25, 0.3) is 33.0 Å². The zero-order chi connectivity index (χ0) is 27.5. The molecule has 0 aliphatic heterocycles. The van der Waals surface area contributed by atoms with Crippen molar-refractivity contribution in [2.75, 3.05) is 0 Å². The van der Waals surface area contributed by atoms with Gasteiger partial charge >= 0.3 is 0 Å². The molecule has 6 nitrogen and oxygen atoms in total. The van der Waals surface area contributed by atoms with Crippen molar-refractivity contribution in [1.29, 1.82) is 21.0 Å². The largest absolute Gasteiger partial charge is 0.240 e. The Morgan fingerprint density at radius 2 is 1.00 bits per heavy atom. The van der Waals surface area contributed by atoms with Gasteiger partial charge in [-0.1, -0.05) is 38.5 Å². The molecule has 1 aromatic carbocycles. The SMILES string of the molecule is N#CC(C#N)=Cc1nc2c(s1)-c1cc3c(cc1C21CCCCC1)-c1sc(C=C(C#N)C#N)nc1C31CCCCC1. The Balaban J connectivity index is 1.46. The number of rotatable bonds is 2. The van der Waals surface area contributed by atoms with E-state index in [9.17, 15) is 21.0 Å².